The van der Waals surface area contributed by atoms with Gasteiger partial charge in [-0.1, -0.05) is 204 Å². The third-order valence-electron chi connectivity index (χ3n) is 11.0. The average Bonchev–Trinajstić information content (AvgIpc) is 3.24. The zero-order chi connectivity index (χ0) is 43.7. The van der Waals surface area contributed by atoms with Crippen LogP contribution >= 0.6 is 7.82 Å². The van der Waals surface area contributed by atoms with Crippen molar-refractivity contribution in [2.24, 2.45) is 5.73 Å². The van der Waals surface area contributed by atoms with E-state index < -0.39 is 13.9 Å². The van der Waals surface area contributed by atoms with Gasteiger partial charge in [-0.05, 0) is 70.6 Å². The summed E-state index contributed by atoms with van der Waals surface area (Å²) in [6, 6.07) is 0. The van der Waals surface area contributed by atoms with Gasteiger partial charge in [-0.2, -0.15) is 0 Å². The largest absolute Gasteiger partial charge is 0.472 e. The smallest absolute Gasteiger partial charge is 0.457 e. The van der Waals surface area contributed by atoms with Gasteiger partial charge in [0, 0.05) is 19.6 Å². The van der Waals surface area contributed by atoms with Crippen molar-refractivity contribution in [1.29, 1.82) is 0 Å². The number of carbonyl (C=O) groups is 1. The quantitative estimate of drug-likeness (QED) is 0.0269. The van der Waals surface area contributed by atoms with Crippen LogP contribution in [0.5, 0.6) is 0 Å². The molecule has 9 heteroatoms. The first-order valence-electron chi connectivity index (χ1n) is 25.5. The summed E-state index contributed by atoms with van der Waals surface area (Å²) in [7, 11) is -4.28. The highest BCUT2D eigenvalue weighted by Gasteiger charge is 2.25. The van der Waals surface area contributed by atoms with Gasteiger partial charge < -0.3 is 20.1 Å². The second-order valence-corrected chi connectivity index (χ2v) is 18.5. The van der Waals surface area contributed by atoms with E-state index in [1.165, 1.54) is 186 Å². The summed E-state index contributed by atoms with van der Waals surface area (Å²) in [4.78, 5) is 22.6. The van der Waals surface area contributed by atoms with Crippen LogP contribution in [-0.4, -0.2) is 49.9 Å². The third-order valence-corrected chi connectivity index (χ3v) is 12.0. The topological polar surface area (TPSA) is 117 Å². The number of ether oxygens (including phenoxy) is 2. The van der Waals surface area contributed by atoms with Gasteiger partial charge in [0.25, 0.3) is 0 Å². The molecule has 0 bridgehead atoms. The van der Waals surface area contributed by atoms with Gasteiger partial charge in [-0.15, -0.1) is 0 Å². The van der Waals surface area contributed by atoms with Crippen LogP contribution in [0.25, 0.3) is 0 Å². The molecule has 354 valence electrons. The number of allylic oxidation sites excluding steroid dienone is 6. The molecule has 2 unspecified atom stereocenters. The Labute approximate surface area is 371 Å². The highest BCUT2D eigenvalue weighted by Crippen LogP contribution is 2.43. The molecular weight excluding hydrogens is 770 g/mol. The molecule has 0 aliphatic rings. The molecule has 0 rings (SSSR count). The molecule has 0 aromatic heterocycles. The van der Waals surface area contributed by atoms with Gasteiger partial charge in [0.05, 0.1) is 19.8 Å². The molecule has 8 nitrogen and oxygen atoms in total. The van der Waals surface area contributed by atoms with Crippen LogP contribution in [0, 0.1) is 0 Å². The lowest BCUT2D eigenvalue weighted by atomic mass is 10.1. The minimum absolute atomic E-state index is 0.0960. The molecule has 0 spiro atoms. The first-order valence-corrected chi connectivity index (χ1v) is 27.0. The van der Waals surface area contributed by atoms with Crippen LogP contribution in [0.2, 0.25) is 0 Å². The fourth-order valence-electron chi connectivity index (χ4n) is 7.26. The zero-order valence-electron chi connectivity index (χ0n) is 39.5. The van der Waals surface area contributed by atoms with Gasteiger partial charge in [-0.25, -0.2) is 4.57 Å². The van der Waals surface area contributed by atoms with Crippen LogP contribution < -0.4 is 5.73 Å². The molecule has 2 atom stereocenters. The van der Waals surface area contributed by atoms with Crippen molar-refractivity contribution in [2.75, 3.05) is 33.0 Å². The predicted molar refractivity (Wildman–Crippen MR) is 256 cm³/mol. The lowest BCUT2D eigenvalue weighted by molar-refractivity contribution is -0.154. The SMILES string of the molecule is CCCCCCC/C=C\C/C=C\CCCCCCCCCCCC(=O)OC(COCCCCCCCCCCCC/C=C\CCCCCCCC)COP(=O)(O)OCCN. The van der Waals surface area contributed by atoms with Crippen LogP contribution in [0.1, 0.15) is 245 Å². The summed E-state index contributed by atoms with van der Waals surface area (Å²) in [5, 5.41) is 0. The van der Waals surface area contributed by atoms with Gasteiger partial charge in [-0.3, -0.25) is 13.8 Å². The van der Waals surface area contributed by atoms with Crippen LogP contribution in [0.4, 0.5) is 0 Å². The Morgan fingerprint density at radius 1 is 0.500 bits per heavy atom. The van der Waals surface area contributed by atoms with Crippen molar-refractivity contribution in [1.82, 2.24) is 0 Å². The summed E-state index contributed by atoms with van der Waals surface area (Å²) in [6.45, 7) is 4.94. The van der Waals surface area contributed by atoms with Crippen molar-refractivity contribution in [3.63, 3.8) is 0 Å². The standard InChI is InChI=1S/C51H98NO7P/c1-3-5-7-9-11-13-15-17-19-21-23-25-26-28-30-32-34-36-38-40-42-44-51(53)59-50(49-58-60(54,55)57-47-45-52)48-56-46-43-41-39-37-35-33-31-29-27-24-22-20-18-16-14-12-10-8-6-4-2/h15,17-18,20-21,23,50H,3-14,16,19,22,24-49,52H2,1-2H3,(H,54,55)/b17-15-,20-18-,23-21-. The molecule has 0 aromatic rings. The average molecular weight is 868 g/mol. The number of unbranched alkanes of at least 4 members (excludes halogenated alkanes) is 30. The maximum atomic E-state index is 12.7. The molecule has 0 saturated carbocycles. The van der Waals surface area contributed by atoms with Gasteiger partial charge in [0.15, 0.2) is 0 Å². The number of phosphoric acid groups is 1. The van der Waals surface area contributed by atoms with Crippen molar-refractivity contribution in [3.05, 3.63) is 36.5 Å². The first kappa shape index (κ1) is 58.7. The molecule has 0 aliphatic heterocycles. The van der Waals surface area contributed by atoms with Gasteiger partial charge in [0.1, 0.15) is 6.10 Å². The van der Waals surface area contributed by atoms with Crippen LogP contribution in [-0.2, 0) is 27.9 Å². The number of phosphoric ester groups is 1. The molecule has 0 radical (unpaired) electrons. The molecule has 60 heavy (non-hydrogen) atoms. The lowest BCUT2D eigenvalue weighted by Gasteiger charge is -2.20. The molecule has 3 N–H and O–H groups in total. The van der Waals surface area contributed by atoms with Crippen LogP contribution in [0.3, 0.4) is 0 Å². The Morgan fingerprint density at radius 3 is 1.32 bits per heavy atom. The molecule has 0 heterocycles. The maximum absolute atomic E-state index is 12.7. The predicted octanol–water partition coefficient (Wildman–Crippen LogP) is 15.8. The number of carbonyl (C=O) groups excluding carboxylic acids is 1. The molecule has 0 saturated heterocycles. The van der Waals surface area contributed by atoms with Gasteiger partial charge >= 0.3 is 13.8 Å². The van der Waals surface area contributed by atoms with E-state index in [4.69, 9.17) is 24.3 Å². The fourth-order valence-corrected chi connectivity index (χ4v) is 8.02. The highest BCUT2D eigenvalue weighted by atomic mass is 31.2. The van der Waals surface area contributed by atoms with E-state index in [9.17, 15) is 14.3 Å². The lowest BCUT2D eigenvalue weighted by Crippen LogP contribution is -2.28. The summed E-state index contributed by atoms with van der Waals surface area (Å²) in [6.07, 6.45) is 57.4. The van der Waals surface area contributed by atoms with Crippen LogP contribution in [0.15, 0.2) is 36.5 Å². The first-order chi connectivity index (χ1) is 29.4. The second kappa shape index (κ2) is 48.7. The molecular formula is C51H98NO7P. The fraction of sp³-hybridized carbons (Fsp3) is 0.863. The number of esters is 1. The number of rotatable bonds is 49. The second-order valence-electron chi connectivity index (χ2n) is 17.0. The van der Waals surface area contributed by atoms with Crippen molar-refractivity contribution < 1.29 is 32.8 Å². The number of hydrogen-bond acceptors (Lipinski definition) is 7. The Bertz CT molecular complexity index is 1020. The summed E-state index contributed by atoms with van der Waals surface area (Å²) in [5.41, 5.74) is 5.39. The van der Waals surface area contributed by atoms with Crippen molar-refractivity contribution >= 4 is 13.8 Å². The normalized spacial score (nSPS) is 13.6. The zero-order valence-corrected chi connectivity index (χ0v) is 40.3. The number of nitrogens with two attached hydrogens (primary N) is 1. The molecule has 0 fully saturated rings. The van der Waals surface area contributed by atoms with Crippen molar-refractivity contribution in [3.8, 4) is 0 Å². The van der Waals surface area contributed by atoms with Crippen molar-refractivity contribution in [2.45, 2.75) is 251 Å². The summed E-state index contributed by atoms with van der Waals surface area (Å²) >= 11 is 0. The minimum Gasteiger partial charge on any atom is -0.457 e. The summed E-state index contributed by atoms with van der Waals surface area (Å²) in [5.74, 6) is -0.332. The van der Waals surface area contributed by atoms with E-state index in [2.05, 4.69) is 50.3 Å². The van der Waals surface area contributed by atoms with E-state index in [1.807, 2.05) is 0 Å². The molecule has 0 aliphatic carbocycles. The third kappa shape index (κ3) is 47.8. The van der Waals surface area contributed by atoms with E-state index in [1.54, 1.807) is 0 Å². The number of hydrogen-bond donors (Lipinski definition) is 2. The Morgan fingerprint density at radius 2 is 0.883 bits per heavy atom. The van der Waals surface area contributed by atoms with Gasteiger partial charge in [0.2, 0.25) is 0 Å². The van der Waals surface area contributed by atoms with E-state index in [0.717, 1.165) is 38.5 Å². The maximum Gasteiger partial charge on any atom is 0.472 e. The Hall–Kier alpha value is -1.28. The Balaban J connectivity index is 3.95. The molecule has 0 aromatic carbocycles. The van der Waals surface area contributed by atoms with E-state index in [0.29, 0.717) is 13.0 Å². The molecule has 0 amide bonds. The Kier molecular flexibility index (Phi) is 47.7. The monoisotopic (exact) mass is 868 g/mol. The minimum atomic E-state index is -4.28. The van der Waals surface area contributed by atoms with E-state index >= 15 is 0 Å². The summed E-state index contributed by atoms with van der Waals surface area (Å²) < 4.78 is 33.6. The van der Waals surface area contributed by atoms with E-state index in [-0.39, 0.29) is 32.3 Å². The highest BCUT2D eigenvalue weighted by molar-refractivity contribution is 7.47.